The largest absolute Gasteiger partial charge is 0.462 e. The predicted molar refractivity (Wildman–Crippen MR) is 81.4 cm³/mol. The Labute approximate surface area is 122 Å². The van der Waals surface area contributed by atoms with E-state index in [0.717, 1.165) is 25.7 Å². The van der Waals surface area contributed by atoms with Crippen LogP contribution in [0.3, 0.4) is 0 Å². The molecule has 5 heteroatoms. The number of rotatable bonds is 13. The summed E-state index contributed by atoms with van der Waals surface area (Å²) in [5.41, 5.74) is 8.20. The van der Waals surface area contributed by atoms with Gasteiger partial charge in [-0.2, -0.15) is 0 Å². The zero-order chi connectivity index (χ0) is 15.1. The van der Waals surface area contributed by atoms with E-state index in [1.807, 2.05) is 0 Å². The van der Waals surface area contributed by atoms with Crippen molar-refractivity contribution < 1.29 is 9.53 Å². The second-order valence-corrected chi connectivity index (χ2v) is 5.20. The lowest BCUT2D eigenvalue weighted by atomic mass is 10.0. The average Bonchev–Trinajstić information content (AvgIpc) is 2.45. The Bertz CT molecular complexity index is 277. The molecule has 0 unspecified atom stereocenters. The summed E-state index contributed by atoms with van der Waals surface area (Å²) in [5, 5.41) is 3.25. The lowest BCUT2D eigenvalue weighted by Gasteiger charge is -2.17. The lowest BCUT2D eigenvalue weighted by Crippen LogP contribution is -2.20. The molecule has 0 radical (unpaired) electrons. The molecule has 0 saturated heterocycles. The van der Waals surface area contributed by atoms with Gasteiger partial charge in [-0.3, -0.25) is 4.79 Å². The van der Waals surface area contributed by atoms with Gasteiger partial charge in [0.15, 0.2) is 0 Å². The Morgan fingerprint density at radius 3 is 2.05 bits per heavy atom. The minimum absolute atomic E-state index is 0.00916. The molecule has 0 bridgehead atoms. The summed E-state index contributed by atoms with van der Waals surface area (Å²) in [7, 11) is 0. The van der Waals surface area contributed by atoms with E-state index in [-0.39, 0.29) is 12.6 Å². The van der Waals surface area contributed by atoms with Crippen molar-refractivity contribution in [3.8, 4) is 0 Å². The van der Waals surface area contributed by atoms with E-state index in [1.54, 1.807) is 0 Å². The Morgan fingerprint density at radius 2 is 1.60 bits per heavy atom. The van der Waals surface area contributed by atoms with E-state index in [9.17, 15) is 4.79 Å². The number of ether oxygens (including phenoxy) is 1. The maximum absolute atomic E-state index is 11.5. The number of nitrogens with zero attached hydrogens (tertiary/aromatic N) is 3. The fourth-order valence-corrected chi connectivity index (χ4v) is 2.17. The molecule has 0 aromatic rings. The number of hydrogen-bond donors (Lipinski definition) is 0. The number of unbranched alkanes of at least 4 members (excludes halogenated alkanes) is 6. The van der Waals surface area contributed by atoms with E-state index in [2.05, 4.69) is 23.9 Å². The molecule has 0 N–H and O–H groups in total. The van der Waals surface area contributed by atoms with Gasteiger partial charge in [-0.15, -0.1) is 0 Å². The van der Waals surface area contributed by atoms with Gasteiger partial charge < -0.3 is 4.74 Å². The maximum Gasteiger partial charge on any atom is 0.311 e. The number of carbonyl (C=O) groups excluding carboxylic acids is 1. The normalized spacial score (nSPS) is 10.3. The molecule has 5 nitrogen and oxygen atoms in total. The van der Waals surface area contributed by atoms with Gasteiger partial charge in [0.1, 0.15) is 12.6 Å². The smallest absolute Gasteiger partial charge is 0.311 e. The fraction of sp³-hybridized carbons (Fsp3) is 0.933. The van der Waals surface area contributed by atoms with Crippen molar-refractivity contribution in [3.63, 3.8) is 0 Å². The molecule has 0 heterocycles. The summed E-state index contributed by atoms with van der Waals surface area (Å²) in [6.45, 7) is 4.17. The third-order valence-electron chi connectivity index (χ3n) is 3.32. The molecular weight excluding hydrogens is 254 g/mol. The van der Waals surface area contributed by atoms with E-state index in [1.165, 1.54) is 38.5 Å². The number of azide groups is 1. The van der Waals surface area contributed by atoms with Gasteiger partial charge in [-0.25, -0.2) is 0 Å². The molecule has 0 atom stereocenters. The first kappa shape index (κ1) is 18.8. The second-order valence-electron chi connectivity index (χ2n) is 5.20. The molecule has 0 saturated carbocycles. The molecule has 116 valence electrons. The van der Waals surface area contributed by atoms with Crippen LogP contribution in [-0.2, 0) is 9.53 Å². The molecule has 0 aromatic heterocycles. The van der Waals surface area contributed by atoms with Gasteiger partial charge >= 0.3 is 5.97 Å². The summed E-state index contributed by atoms with van der Waals surface area (Å²) in [6, 6.07) is 0. The Hall–Kier alpha value is -1.22. The molecule has 0 fully saturated rings. The highest BCUT2D eigenvalue weighted by molar-refractivity contribution is 5.71. The molecule has 0 aliphatic rings. The van der Waals surface area contributed by atoms with Crippen LogP contribution in [0.25, 0.3) is 10.4 Å². The minimum Gasteiger partial charge on any atom is -0.462 e. The summed E-state index contributed by atoms with van der Waals surface area (Å²) in [4.78, 5) is 14.1. The minimum atomic E-state index is -0.404. The Morgan fingerprint density at radius 1 is 1.05 bits per heavy atom. The van der Waals surface area contributed by atoms with E-state index in [4.69, 9.17) is 10.3 Å². The average molecular weight is 283 g/mol. The summed E-state index contributed by atoms with van der Waals surface area (Å²) >= 11 is 0. The van der Waals surface area contributed by atoms with Gasteiger partial charge in [-0.1, -0.05) is 57.5 Å². The van der Waals surface area contributed by atoms with Gasteiger partial charge in [0.05, 0.1) is 0 Å². The second kappa shape index (κ2) is 14.2. The van der Waals surface area contributed by atoms with Crippen molar-refractivity contribution in [2.45, 2.75) is 84.2 Å². The van der Waals surface area contributed by atoms with Crippen LogP contribution in [0.5, 0.6) is 0 Å². The molecule has 20 heavy (non-hydrogen) atoms. The Balaban J connectivity index is 4.01. The van der Waals surface area contributed by atoms with Crippen molar-refractivity contribution in [3.05, 3.63) is 10.4 Å². The Kier molecular flexibility index (Phi) is 13.3. The van der Waals surface area contributed by atoms with E-state index in [0.29, 0.717) is 0 Å². The van der Waals surface area contributed by atoms with Crippen molar-refractivity contribution >= 4 is 5.97 Å². The number of carbonyl (C=O) groups is 1. The van der Waals surface area contributed by atoms with Crippen LogP contribution in [0.4, 0.5) is 0 Å². The molecular formula is C15H29N3O2. The first-order valence-corrected chi connectivity index (χ1v) is 7.94. The molecule has 0 aromatic carbocycles. The monoisotopic (exact) mass is 283 g/mol. The lowest BCUT2D eigenvalue weighted by molar-refractivity contribution is -0.148. The van der Waals surface area contributed by atoms with Crippen LogP contribution < -0.4 is 0 Å². The van der Waals surface area contributed by atoms with E-state index >= 15 is 0 Å². The van der Waals surface area contributed by atoms with Crippen LogP contribution in [-0.4, -0.2) is 18.6 Å². The van der Waals surface area contributed by atoms with Crippen LogP contribution in [0.1, 0.15) is 78.1 Å². The van der Waals surface area contributed by atoms with Crippen LogP contribution >= 0.6 is 0 Å². The van der Waals surface area contributed by atoms with Crippen molar-refractivity contribution in [2.24, 2.45) is 5.11 Å². The summed E-state index contributed by atoms with van der Waals surface area (Å²) in [5.74, 6) is -0.404. The van der Waals surface area contributed by atoms with Gasteiger partial charge in [0.25, 0.3) is 0 Å². The zero-order valence-electron chi connectivity index (χ0n) is 13.0. The van der Waals surface area contributed by atoms with Crippen LogP contribution in [0.2, 0.25) is 0 Å². The molecule has 0 amide bonds. The molecule has 0 spiro atoms. The number of hydrogen-bond acceptors (Lipinski definition) is 3. The summed E-state index contributed by atoms with van der Waals surface area (Å²) in [6.07, 6.45) is 11.3. The van der Waals surface area contributed by atoms with Crippen LogP contribution in [0.15, 0.2) is 5.11 Å². The standard InChI is InChI=1S/C15H29N3O2/c1-3-5-7-9-11-14(12-10-8-6-4-2)20-15(19)13-17-18-16/h14H,3-13H2,1-2H3. The first-order valence-electron chi connectivity index (χ1n) is 7.94. The highest BCUT2D eigenvalue weighted by atomic mass is 16.5. The first-order chi connectivity index (χ1) is 9.74. The van der Waals surface area contributed by atoms with Crippen molar-refractivity contribution in [1.29, 1.82) is 0 Å². The molecule has 0 aliphatic heterocycles. The third kappa shape index (κ3) is 11.8. The van der Waals surface area contributed by atoms with Gasteiger partial charge in [0.2, 0.25) is 0 Å². The summed E-state index contributed by atoms with van der Waals surface area (Å²) < 4.78 is 5.41. The maximum atomic E-state index is 11.5. The van der Waals surface area contributed by atoms with Crippen LogP contribution in [0, 0.1) is 0 Å². The highest BCUT2D eigenvalue weighted by Crippen LogP contribution is 2.15. The van der Waals surface area contributed by atoms with Gasteiger partial charge in [0, 0.05) is 4.91 Å². The predicted octanol–water partition coefficient (Wildman–Crippen LogP) is 5.15. The fourth-order valence-electron chi connectivity index (χ4n) is 2.17. The SMILES string of the molecule is CCCCCCC(CCCCCC)OC(=O)CN=[N+]=[N-]. The highest BCUT2D eigenvalue weighted by Gasteiger charge is 2.13. The third-order valence-corrected chi connectivity index (χ3v) is 3.32. The van der Waals surface area contributed by atoms with Crippen molar-refractivity contribution in [2.75, 3.05) is 6.54 Å². The quantitative estimate of drug-likeness (QED) is 0.154. The topological polar surface area (TPSA) is 75.1 Å². The molecule has 0 aliphatic carbocycles. The number of esters is 1. The van der Waals surface area contributed by atoms with E-state index < -0.39 is 5.97 Å². The van der Waals surface area contributed by atoms with Gasteiger partial charge in [-0.05, 0) is 31.2 Å². The zero-order valence-corrected chi connectivity index (χ0v) is 13.0. The molecule has 0 rings (SSSR count). The van der Waals surface area contributed by atoms with Crippen molar-refractivity contribution in [1.82, 2.24) is 0 Å².